The van der Waals surface area contributed by atoms with Crippen LogP contribution < -0.4 is 14.8 Å². The highest BCUT2D eigenvalue weighted by Crippen LogP contribution is 2.22. The lowest BCUT2D eigenvalue weighted by Crippen LogP contribution is -2.27. The van der Waals surface area contributed by atoms with Crippen LogP contribution in [0.4, 0.5) is 0 Å². The minimum atomic E-state index is -0.191. The van der Waals surface area contributed by atoms with Crippen LogP contribution in [0.1, 0.15) is 16.8 Å². The van der Waals surface area contributed by atoms with E-state index in [-0.39, 0.29) is 11.3 Å². The Kier molecular flexibility index (Phi) is 7.18. The number of hydrogen-bond donors (Lipinski definition) is 1. The summed E-state index contributed by atoms with van der Waals surface area (Å²) in [7, 11) is 4.68. The zero-order chi connectivity index (χ0) is 15.0. The molecule has 112 valence electrons. The van der Waals surface area contributed by atoms with Gasteiger partial charge >= 0.3 is 0 Å². The van der Waals surface area contributed by atoms with E-state index < -0.39 is 0 Å². The quantitative estimate of drug-likeness (QED) is 0.747. The molecule has 1 rings (SSSR count). The summed E-state index contributed by atoms with van der Waals surface area (Å²) in [5.41, 5.74) is 0.485. The maximum atomic E-state index is 12.0. The van der Waals surface area contributed by atoms with Gasteiger partial charge < -0.3 is 19.5 Å². The van der Waals surface area contributed by atoms with Crippen LogP contribution in [0.3, 0.4) is 0 Å². The predicted molar refractivity (Wildman–Crippen MR) is 78.0 cm³/mol. The molecule has 6 heteroatoms. The molecule has 1 aromatic carbocycles. The van der Waals surface area contributed by atoms with Gasteiger partial charge in [0, 0.05) is 25.3 Å². The summed E-state index contributed by atoms with van der Waals surface area (Å²) in [6, 6.07) is 5.03. The zero-order valence-corrected chi connectivity index (χ0v) is 12.7. The standard InChI is InChI=1S/C14H20ClNO4/c1-18-9-11(15)4-5-16-14(17)10-6-12(19-2)8-13(7-10)20-3/h6-8,11H,4-5,9H2,1-3H3,(H,16,17). The predicted octanol–water partition coefficient (Wildman–Crippen LogP) is 2.08. The summed E-state index contributed by atoms with van der Waals surface area (Å²) in [6.45, 7) is 0.945. The van der Waals surface area contributed by atoms with Crippen molar-refractivity contribution in [2.24, 2.45) is 0 Å². The van der Waals surface area contributed by atoms with E-state index in [1.54, 1.807) is 39.5 Å². The lowest BCUT2D eigenvalue weighted by Gasteiger charge is -2.11. The lowest BCUT2D eigenvalue weighted by atomic mass is 10.2. The van der Waals surface area contributed by atoms with Crippen molar-refractivity contribution in [3.8, 4) is 11.5 Å². The SMILES string of the molecule is COCC(Cl)CCNC(=O)c1cc(OC)cc(OC)c1. The van der Waals surface area contributed by atoms with Gasteiger partial charge in [-0.25, -0.2) is 0 Å². The molecule has 1 atom stereocenters. The molecule has 1 N–H and O–H groups in total. The van der Waals surface area contributed by atoms with Crippen LogP contribution >= 0.6 is 11.6 Å². The van der Waals surface area contributed by atoms with Crippen LogP contribution in [0.25, 0.3) is 0 Å². The largest absolute Gasteiger partial charge is 0.497 e. The molecule has 0 spiro atoms. The van der Waals surface area contributed by atoms with Crippen molar-refractivity contribution in [1.82, 2.24) is 5.32 Å². The highest BCUT2D eigenvalue weighted by atomic mass is 35.5. The fourth-order valence-corrected chi connectivity index (χ4v) is 1.88. The molecular formula is C14H20ClNO4. The van der Waals surface area contributed by atoms with Gasteiger partial charge in [-0.15, -0.1) is 11.6 Å². The second-order valence-corrected chi connectivity index (χ2v) is 4.82. The number of alkyl halides is 1. The number of hydrogen-bond acceptors (Lipinski definition) is 4. The van der Waals surface area contributed by atoms with Crippen LogP contribution in [0, 0.1) is 0 Å². The Morgan fingerprint density at radius 1 is 1.20 bits per heavy atom. The van der Waals surface area contributed by atoms with Gasteiger partial charge in [-0.1, -0.05) is 0 Å². The smallest absolute Gasteiger partial charge is 0.251 e. The number of halogens is 1. The van der Waals surface area contributed by atoms with Crippen molar-refractivity contribution < 1.29 is 19.0 Å². The Bertz CT molecular complexity index is 417. The third-order valence-corrected chi connectivity index (χ3v) is 3.05. The molecule has 0 saturated heterocycles. The number of benzene rings is 1. The van der Waals surface area contributed by atoms with Crippen LogP contribution in [0.2, 0.25) is 0 Å². The molecule has 0 aliphatic carbocycles. The molecule has 0 radical (unpaired) electrons. The molecule has 1 unspecified atom stereocenters. The van der Waals surface area contributed by atoms with Crippen molar-refractivity contribution in [2.45, 2.75) is 11.8 Å². The second kappa shape index (κ2) is 8.66. The van der Waals surface area contributed by atoms with Crippen molar-refractivity contribution in [3.05, 3.63) is 23.8 Å². The molecule has 0 heterocycles. The van der Waals surface area contributed by atoms with Gasteiger partial charge in [0.25, 0.3) is 5.91 Å². The summed E-state index contributed by atoms with van der Waals surface area (Å²) in [6.07, 6.45) is 0.641. The first kappa shape index (κ1) is 16.6. The minimum Gasteiger partial charge on any atom is -0.497 e. The van der Waals surface area contributed by atoms with Gasteiger partial charge in [-0.05, 0) is 18.6 Å². The van der Waals surface area contributed by atoms with Crippen molar-refractivity contribution >= 4 is 17.5 Å². The summed E-state index contributed by atoms with van der Waals surface area (Å²) in [4.78, 5) is 12.0. The zero-order valence-electron chi connectivity index (χ0n) is 11.9. The van der Waals surface area contributed by atoms with E-state index in [0.29, 0.717) is 36.6 Å². The van der Waals surface area contributed by atoms with E-state index in [4.69, 9.17) is 25.8 Å². The average Bonchev–Trinajstić information content (AvgIpc) is 2.46. The van der Waals surface area contributed by atoms with Crippen molar-refractivity contribution in [1.29, 1.82) is 0 Å². The summed E-state index contributed by atoms with van der Waals surface area (Å²) in [5, 5.41) is 2.69. The number of carbonyl (C=O) groups is 1. The molecule has 0 fully saturated rings. The van der Waals surface area contributed by atoms with E-state index in [1.807, 2.05) is 0 Å². The summed E-state index contributed by atoms with van der Waals surface area (Å²) >= 11 is 5.99. The van der Waals surface area contributed by atoms with Gasteiger partial charge in [0.05, 0.1) is 26.2 Å². The number of carbonyl (C=O) groups excluding carboxylic acids is 1. The first-order chi connectivity index (χ1) is 9.60. The fourth-order valence-electron chi connectivity index (χ4n) is 1.65. The third kappa shape index (κ3) is 5.27. The second-order valence-electron chi connectivity index (χ2n) is 4.20. The molecule has 0 aromatic heterocycles. The van der Waals surface area contributed by atoms with Gasteiger partial charge in [0.15, 0.2) is 0 Å². The van der Waals surface area contributed by atoms with E-state index in [0.717, 1.165) is 0 Å². The summed E-state index contributed by atoms with van der Waals surface area (Å²) in [5.74, 6) is 0.955. The number of nitrogens with one attached hydrogen (secondary N) is 1. The van der Waals surface area contributed by atoms with E-state index in [2.05, 4.69) is 5.32 Å². The maximum absolute atomic E-state index is 12.0. The molecule has 0 aliphatic heterocycles. The van der Waals surface area contributed by atoms with Gasteiger partial charge in [-0.2, -0.15) is 0 Å². The lowest BCUT2D eigenvalue weighted by molar-refractivity contribution is 0.0951. The molecule has 0 aliphatic rings. The van der Waals surface area contributed by atoms with Gasteiger partial charge in [0.2, 0.25) is 0 Å². The van der Waals surface area contributed by atoms with Crippen molar-refractivity contribution in [3.63, 3.8) is 0 Å². The highest BCUT2D eigenvalue weighted by molar-refractivity contribution is 6.20. The normalized spacial score (nSPS) is 11.8. The van der Waals surface area contributed by atoms with E-state index >= 15 is 0 Å². The molecular weight excluding hydrogens is 282 g/mol. The van der Waals surface area contributed by atoms with Crippen LogP contribution in [-0.2, 0) is 4.74 Å². The topological polar surface area (TPSA) is 56.8 Å². The Hall–Kier alpha value is -1.46. The molecule has 20 heavy (non-hydrogen) atoms. The van der Waals surface area contributed by atoms with Crippen LogP contribution in [-0.4, -0.2) is 45.8 Å². The monoisotopic (exact) mass is 301 g/mol. The first-order valence-corrected chi connectivity index (χ1v) is 6.68. The number of rotatable bonds is 8. The van der Waals surface area contributed by atoms with Gasteiger partial charge in [0.1, 0.15) is 11.5 Å². The molecule has 1 amide bonds. The van der Waals surface area contributed by atoms with Crippen LogP contribution in [0.15, 0.2) is 18.2 Å². The highest BCUT2D eigenvalue weighted by Gasteiger charge is 2.10. The number of methoxy groups -OCH3 is 3. The number of ether oxygens (including phenoxy) is 3. The fraction of sp³-hybridized carbons (Fsp3) is 0.500. The maximum Gasteiger partial charge on any atom is 0.251 e. The first-order valence-electron chi connectivity index (χ1n) is 6.25. The van der Waals surface area contributed by atoms with E-state index in [9.17, 15) is 4.79 Å². The summed E-state index contributed by atoms with van der Waals surface area (Å²) < 4.78 is 15.2. The van der Waals surface area contributed by atoms with Crippen LogP contribution in [0.5, 0.6) is 11.5 Å². The molecule has 0 bridgehead atoms. The van der Waals surface area contributed by atoms with Gasteiger partial charge in [-0.3, -0.25) is 4.79 Å². The third-order valence-electron chi connectivity index (χ3n) is 2.70. The molecule has 1 aromatic rings. The van der Waals surface area contributed by atoms with Crippen molar-refractivity contribution in [2.75, 3.05) is 34.5 Å². The molecule has 0 saturated carbocycles. The number of amides is 1. The Morgan fingerprint density at radius 3 is 2.30 bits per heavy atom. The Balaban J connectivity index is 2.58. The van der Waals surface area contributed by atoms with E-state index in [1.165, 1.54) is 0 Å². The average molecular weight is 302 g/mol. The Morgan fingerprint density at radius 2 is 1.80 bits per heavy atom. The minimum absolute atomic E-state index is 0.111. The molecule has 5 nitrogen and oxygen atoms in total. The Labute approximate surface area is 124 Å².